The Morgan fingerprint density at radius 2 is 1.70 bits per heavy atom. The van der Waals surface area contributed by atoms with Crippen molar-refractivity contribution in [3.8, 4) is 5.75 Å². The Kier molecular flexibility index (Phi) is 5.18. The highest BCUT2D eigenvalue weighted by atomic mass is 16.5. The molecule has 0 bridgehead atoms. The molecule has 0 aliphatic heterocycles. The minimum Gasteiger partial charge on any atom is -0.493 e. The lowest BCUT2D eigenvalue weighted by atomic mass is 10.1. The third-order valence-electron chi connectivity index (χ3n) is 3.06. The Morgan fingerprint density at radius 1 is 1.00 bits per heavy atom. The molecule has 0 aromatic heterocycles. The SMILES string of the molecule is C/C(Cc1ccc(OCCc2ccccc2)cc1)=N/O. The fourth-order valence-electron chi connectivity index (χ4n) is 1.97. The summed E-state index contributed by atoms with van der Waals surface area (Å²) < 4.78 is 5.72. The van der Waals surface area contributed by atoms with E-state index >= 15 is 0 Å². The van der Waals surface area contributed by atoms with Gasteiger partial charge in [0.2, 0.25) is 0 Å². The maximum atomic E-state index is 8.64. The minimum atomic E-state index is 0.654. The van der Waals surface area contributed by atoms with E-state index in [0.717, 1.165) is 17.7 Å². The Bertz CT molecular complexity index is 547. The summed E-state index contributed by atoms with van der Waals surface area (Å²) in [6.45, 7) is 2.46. The van der Waals surface area contributed by atoms with E-state index in [1.54, 1.807) is 6.92 Å². The zero-order valence-electron chi connectivity index (χ0n) is 11.6. The van der Waals surface area contributed by atoms with Crippen molar-refractivity contribution in [3.05, 3.63) is 65.7 Å². The number of rotatable bonds is 6. The number of hydrogen-bond donors (Lipinski definition) is 1. The second kappa shape index (κ2) is 7.34. The lowest BCUT2D eigenvalue weighted by molar-refractivity contribution is 0.317. The normalized spacial score (nSPS) is 11.3. The topological polar surface area (TPSA) is 41.8 Å². The standard InChI is InChI=1S/C17H19NO2/c1-14(18-19)13-16-7-9-17(10-8-16)20-12-11-15-5-3-2-4-6-15/h2-10,19H,11-13H2,1H3/b18-14-. The van der Waals surface area contributed by atoms with Gasteiger partial charge in [0.1, 0.15) is 5.75 Å². The average Bonchev–Trinajstić information content (AvgIpc) is 2.50. The largest absolute Gasteiger partial charge is 0.493 e. The van der Waals surface area contributed by atoms with E-state index in [2.05, 4.69) is 17.3 Å². The highest BCUT2D eigenvalue weighted by Gasteiger charge is 1.99. The van der Waals surface area contributed by atoms with Crippen LogP contribution in [0.15, 0.2) is 59.8 Å². The third-order valence-corrected chi connectivity index (χ3v) is 3.06. The monoisotopic (exact) mass is 269 g/mol. The van der Waals surface area contributed by atoms with Gasteiger partial charge < -0.3 is 9.94 Å². The van der Waals surface area contributed by atoms with Gasteiger partial charge in [-0.3, -0.25) is 0 Å². The van der Waals surface area contributed by atoms with E-state index in [-0.39, 0.29) is 0 Å². The Labute approximate surface area is 119 Å². The summed E-state index contributed by atoms with van der Waals surface area (Å²) in [6.07, 6.45) is 1.56. The predicted octanol–water partition coefficient (Wildman–Crippen LogP) is 3.70. The molecule has 0 spiro atoms. The molecule has 0 aliphatic rings. The molecule has 0 saturated carbocycles. The molecule has 3 heteroatoms. The van der Waals surface area contributed by atoms with Crippen molar-refractivity contribution in [3.63, 3.8) is 0 Å². The summed E-state index contributed by atoms with van der Waals surface area (Å²) in [5.41, 5.74) is 3.08. The van der Waals surface area contributed by atoms with Crippen molar-refractivity contribution in [1.82, 2.24) is 0 Å². The summed E-state index contributed by atoms with van der Waals surface area (Å²) >= 11 is 0. The van der Waals surface area contributed by atoms with Crippen LogP contribution >= 0.6 is 0 Å². The van der Waals surface area contributed by atoms with Gasteiger partial charge in [-0.2, -0.15) is 0 Å². The summed E-state index contributed by atoms with van der Waals surface area (Å²) in [7, 11) is 0. The third kappa shape index (κ3) is 4.43. The van der Waals surface area contributed by atoms with Gasteiger partial charge in [0, 0.05) is 12.8 Å². The first kappa shape index (κ1) is 14.1. The van der Waals surface area contributed by atoms with Crippen molar-refractivity contribution in [2.24, 2.45) is 5.16 Å². The average molecular weight is 269 g/mol. The molecule has 0 heterocycles. The van der Waals surface area contributed by atoms with E-state index < -0.39 is 0 Å². The van der Waals surface area contributed by atoms with Crippen LogP contribution in [0.4, 0.5) is 0 Å². The second-order valence-corrected chi connectivity index (χ2v) is 4.74. The zero-order valence-corrected chi connectivity index (χ0v) is 11.6. The highest BCUT2D eigenvalue weighted by Crippen LogP contribution is 2.13. The van der Waals surface area contributed by atoms with E-state index in [4.69, 9.17) is 9.94 Å². The summed E-state index contributed by atoms with van der Waals surface area (Å²) in [4.78, 5) is 0. The van der Waals surface area contributed by atoms with Gasteiger partial charge in [0.05, 0.1) is 12.3 Å². The van der Waals surface area contributed by atoms with Crippen molar-refractivity contribution in [2.45, 2.75) is 19.8 Å². The molecular formula is C17H19NO2. The van der Waals surface area contributed by atoms with Crippen molar-refractivity contribution >= 4 is 5.71 Å². The van der Waals surface area contributed by atoms with Crippen LogP contribution in [0.2, 0.25) is 0 Å². The first-order valence-electron chi connectivity index (χ1n) is 6.71. The number of ether oxygens (including phenoxy) is 1. The number of benzene rings is 2. The number of nitrogens with zero attached hydrogens (tertiary/aromatic N) is 1. The first-order chi connectivity index (χ1) is 9.78. The second-order valence-electron chi connectivity index (χ2n) is 4.74. The smallest absolute Gasteiger partial charge is 0.119 e. The van der Waals surface area contributed by atoms with Crippen LogP contribution in [-0.2, 0) is 12.8 Å². The molecule has 0 fully saturated rings. The molecule has 0 unspecified atom stereocenters. The molecule has 104 valence electrons. The van der Waals surface area contributed by atoms with Gasteiger partial charge >= 0.3 is 0 Å². The van der Waals surface area contributed by atoms with Gasteiger partial charge in [-0.1, -0.05) is 47.6 Å². The maximum absolute atomic E-state index is 8.64. The molecule has 0 atom stereocenters. The molecule has 3 nitrogen and oxygen atoms in total. The molecule has 0 saturated heterocycles. The fraction of sp³-hybridized carbons (Fsp3) is 0.235. The van der Waals surface area contributed by atoms with Gasteiger partial charge in [-0.25, -0.2) is 0 Å². The van der Waals surface area contributed by atoms with Gasteiger partial charge in [-0.15, -0.1) is 0 Å². The molecular weight excluding hydrogens is 250 g/mol. The van der Waals surface area contributed by atoms with Crippen molar-refractivity contribution < 1.29 is 9.94 Å². The first-order valence-corrected chi connectivity index (χ1v) is 6.71. The number of hydrogen-bond acceptors (Lipinski definition) is 3. The predicted molar refractivity (Wildman–Crippen MR) is 80.7 cm³/mol. The molecule has 2 rings (SSSR count). The quantitative estimate of drug-likeness (QED) is 0.493. The molecule has 0 aliphatic carbocycles. The summed E-state index contributed by atoms with van der Waals surface area (Å²) in [5.74, 6) is 0.864. The van der Waals surface area contributed by atoms with Crippen LogP contribution in [0.25, 0.3) is 0 Å². The molecule has 0 radical (unpaired) electrons. The van der Waals surface area contributed by atoms with Crippen molar-refractivity contribution in [1.29, 1.82) is 0 Å². The summed E-state index contributed by atoms with van der Waals surface area (Å²) in [6, 6.07) is 18.2. The molecule has 2 aromatic carbocycles. The maximum Gasteiger partial charge on any atom is 0.119 e. The Morgan fingerprint density at radius 3 is 2.35 bits per heavy atom. The molecule has 20 heavy (non-hydrogen) atoms. The van der Waals surface area contributed by atoms with Crippen LogP contribution < -0.4 is 4.74 Å². The van der Waals surface area contributed by atoms with E-state index in [0.29, 0.717) is 18.7 Å². The highest BCUT2D eigenvalue weighted by molar-refractivity contribution is 5.83. The van der Waals surface area contributed by atoms with E-state index in [9.17, 15) is 0 Å². The summed E-state index contributed by atoms with van der Waals surface area (Å²) in [5, 5.41) is 11.8. The van der Waals surface area contributed by atoms with E-state index in [1.165, 1.54) is 5.56 Å². The van der Waals surface area contributed by atoms with Gasteiger partial charge in [0.25, 0.3) is 0 Å². The van der Waals surface area contributed by atoms with Crippen LogP contribution in [0, 0.1) is 0 Å². The van der Waals surface area contributed by atoms with Crippen LogP contribution in [0.1, 0.15) is 18.1 Å². The molecule has 1 N–H and O–H groups in total. The van der Waals surface area contributed by atoms with Gasteiger partial charge in [0.15, 0.2) is 0 Å². The van der Waals surface area contributed by atoms with Crippen molar-refractivity contribution in [2.75, 3.05) is 6.61 Å². The van der Waals surface area contributed by atoms with Crippen LogP contribution in [0.5, 0.6) is 5.75 Å². The lowest BCUT2D eigenvalue weighted by Gasteiger charge is -2.07. The lowest BCUT2D eigenvalue weighted by Crippen LogP contribution is -2.02. The fourth-order valence-corrected chi connectivity index (χ4v) is 1.97. The van der Waals surface area contributed by atoms with Crippen LogP contribution in [0.3, 0.4) is 0 Å². The van der Waals surface area contributed by atoms with E-state index in [1.807, 2.05) is 42.5 Å². The molecule has 0 amide bonds. The zero-order chi connectivity index (χ0) is 14.2. The number of oxime groups is 1. The van der Waals surface area contributed by atoms with Crippen LogP contribution in [-0.4, -0.2) is 17.5 Å². The molecule has 2 aromatic rings. The Hall–Kier alpha value is -2.29. The Balaban J connectivity index is 1.82. The van der Waals surface area contributed by atoms with Gasteiger partial charge in [-0.05, 0) is 30.2 Å². The minimum absolute atomic E-state index is 0.654.